The first-order valence-corrected chi connectivity index (χ1v) is 6.40. The minimum absolute atomic E-state index is 1.04. The van der Waals surface area contributed by atoms with Gasteiger partial charge in [-0.2, -0.15) is 0 Å². The standard InChI is InChI=1S/C15H22N2/c1-4-17(3)15-10-6-5-9-14(15)13-8-7-11-16(2)12-13/h5-6,8-10H,4,7,11-12H2,1-3H3. The van der Waals surface area contributed by atoms with Gasteiger partial charge in [0.1, 0.15) is 0 Å². The van der Waals surface area contributed by atoms with Crippen LogP contribution in [0.4, 0.5) is 5.69 Å². The Balaban J connectivity index is 2.34. The first kappa shape index (κ1) is 12.2. The largest absolute Gasteiger partial charge is 0.374 e. The second-order valence-corrected chi connectivity index (χ2v) is 4.79. The predicted molar refractivity (Wildman–Crippen MR) is 75.5 cm³/mol. The number of para-hydroxylation sites is 1. The molecular formula is C15H22N2. The molecule has 0 atom stereocenters. The van der Waals surface area contributed by atoms with Gasteiger partial charge in [-0.1, -0.05) is 24.3 Å². The Morgan fingerprint density at radius 3 is 2.76 bits per heavy atom. The number of hydrogen-bond acceptors (Lipinski definition) is 2. The Bertz CT molecular complexity index is 409. The van der Waals surface area contributed by atoms with Crippen LogP contribution in [0.15, 0.2) is 30.3 Å². The highest BCUT2D eigenvalue weighted by Crippen LogP contribution is 2.28. The van der Waals surface area contributed by atoms with E-state index in [4.69, 9.17) is 0 Å². The Labute approximate surface area is 105 Å². The van der Waals surface area contributed by atoms with E-state index in [2.05, 4.69) is 61.2 Å². The molecule has 1 aliphatic rings. The summed E-state index contributed by atoms with van der Waals surface area (Å²) in [6.07, 6.45) is 3.55. The van der Waals surface area contributed by atoms with E-state index >= 15 is 0 Å². The molecule has 0 amide bonds. The van der Waals surface area contributed by atoms with E-state index in [1.54, 1.807) is 0 Å². The summed E-state index contributed by atoms with van der Waals surface area (Å²) in [5, 5.41) is 0. The zero-order valence-electron chi connectivity index (χ0n) is 11.1. The van der Waals surface area contributed by atoms with Crippen molar-refractivity contribution < 1.29 is 0 Å². The van der Waals surface area contributed by atoms with Crippen LogP contribution in [0.2, 0.25) is 0 Å². The molecule has 0 aromatic heterocycles. The van der Waals surface area contributed by atoms with E-state index in [0.29, 0.717) is 0 Å². The fourth-order valence-electron chi connectivity index (χ4n) is 2.34. The smallest absolute Gasteiger partial charge is 0.0440 e. The molecule has 1 aromatic rings. The van der Waals surface area contributed by atoms with Gasteiger partial charge in [-0.3, -0.25) is 0 Å². The van der Waals surface area contributed by atoms with Crippen LogP contribution in [-0.2, 0) is 0 Å². The lowest BCUT2D eigenvalue weighted by Gasteiger charge is -2.27. The van der Waals surface area contributed by atoms with Gasteiger partial charge in [0.2, 0.25) is 0 Å². The zero-order valence-corrected chi connectivity index (χ0v) is 11.1. The maximum absolute atomic E-state index is 2.39. The molecule has 0 radical (unpaired) electrons. The van der Waals surface area contributed by atoms with Crippen molar-refractivity contribution in [3.05, 3.63) is 35.9 Å². The van der Waals surface area contributed by atoms with Crippen LogP contribution in [0.25, 0.3) is 5.57 Å². The van der Waals surface area contributed by atoms with Crippen molar-refractivity contribution in [2.75, 3.05) is 38.6 Å². The summed E-state index contributed by atoms with van der Waals surface area (Å²) in [5.41, 5.74) is 4.20. The summed E-state index contributed by atoms with van der Waals surface area (Å²) in [5.74, 6) is 0. The van der Waals surface area contributed by atoms with E-state index in [1.807, 2.05) is 0 Å². The van der Waals surface area contributed by atoms with Crippen LogP contribution in [0.5, 0.6) is 0 Å². The number of hydrogen-bond donors (Lipinski definition) is 0. The zero-order chi connectivity index (χ0) is 12.3. The molecule has 17 heavy (non-hydrogen) atoms. The fraction of sp³-hybridized carbons (Fsp3) is 0.467. The van der Waals surface area contributed by atoms with Gasteiger partial charge in [-0.05, 0) is 32.0 Å². The number of rotatable bonds is 3. The van der Waals surface area contributed by atoms with E-state index in [-0.39, 0.29) is 0 Å². The van der Waals surface area contributed by atoms with Gasteiger partial charge >= 0.3 is 0 Å². The van der Waals surface area contributed by atoms with Crippen molar-refractivity contribution in [2.24, 2.45) is 0 Å². The van der Waals surface area contributed by atoms with Crippen LogP contribution in [0.3, 0.4) is 0 Å². The summed E-state index contributed by atoms with van der Waals surface area (Å²) in [7, 11) is 4.35. The van der Waals surface area contributed by atoms with Crippen LogP contribution in [0.1, 0.15) is 18.9 Å². The molecule has 0 unspecified atom stereocenters. The highest BCUT2D eigenvalue weighted by molar-refractivity contribution is 5.78. The van der Waals surface area contributed by atoms with E-state index < -0.39 is 0 Å². The number of benzene rings is 1. The van der Waals surface area contributed by atoms with Gasteiger partial charge in [0.05, 0.1) is 0 Å². The molecule has 2 rings (SSSR count). The van der Waals surface area contributed by atoms with E-state index in [1.165, 1.54) is 23.4 Å². The van der Waals surface area contributed by atoms with Gasteiger partial charge < -0.3 is 9.80 Å². The van der Waals surface area contributed by atoms with Gasteiger partial charge in [0, 0.05) is 37.9 Å². The second-order valence-electron chi connectivity index (χ2n) is 4.79. The first-order chi connectivity index (χ1) is 8.22. The average Bonchev–Trinajstić information content (AvgIpc) is 2.38. The first-order valence-electron chi connectivity index (χ1n) is 6.40. The third-order valence-corrected chi connectivity index (χ3v) is 3.48. The van der Waals surface area contributed by atoms with E-state index in [9.17, 15) is 0 Å². The lowest BCUT2D eigenvalue weighted by molar-refractivity contribution is 0.373. The molecule has 1 heterocycles. The number of likely N-dealkylation sites (N-methyl/N-ethyl adjacent to an activating group) is 1. The topological polar surface area (TPSA) is 6.48 Å². The predicted octanol–water partition coefficient (Wildman–Crippen LogP) is 2.86. The van der Waals surface area contributed by atoms with Gasteiger partial charge in [-0.25, -0.2) is 0 Å². The molecule has 0 saturated carbocycles. The van der Waals surface area contributed by atoms with Crippen LogP contribution < -0.4 is 4.90 Å². The number of nitrogens with zero attached hydrogens (tertiary/aromatic N) is 2. The molecule has 0 bridgehead atoms. The molecule has 1 aliphatic heterocycles. The summed E-state index contributed by atoms with van der Waals surface area (Å²) < 4.78 is 0. The monoisotopic (exact) mass is 230 g/mol. The van der Waals surface area contributed by atoms with Crippen molar-refractivity contribution in [2.45, 2.75) is 13.3 Å². The molecule has 0 aliphatic carbocycles. The Hall–Kier alpha value is -1.28. The van der Waals surface area contributed by atoms with Crippen LogP contribution in [-0.4, -0.2) is 38.6 Å². The van der Waals surface area contributed by atoms with Gasteiger partial charge in [0.15, 0.2) is 0 Å². The van der Waals surface area contributed by atoms with Crippen molar-refractivity contribution >= 4 is 11.3 Å². The molecule has 0 N–H and O–H groups in total. The van der Waals surface area contributed by atoms with Crippen molar-refractivity contribution in [1.29, 1.82) is 0 Å². The molecule has 0 spiro atoms. The van der Waals surface area contributed by atoms with Crippen molar-refractivity contribution in [3.8, 4) is 0 Å². The fourth-order valence-corrected chi connectivity index (χ4v) is 2.34. The third-order valence-electron chi connectivity index (χ3n) is 3.48. The number of anilines is 1. The molecule has 2 nitrogen and oxygen atoms in total. The van der Waals surface area contributed by atoms with Crippen LogP contribution in [0, 0.1) is 0 Å². The molecular weight excluding hydrogens is 208 g/mol. The molecule has 0 saturated heterocycles. The lowest BCUT2D eigenvalue weighted by atomic mass is 9.99. The SMILES string of the molecule is CCN(C)c1ccccc1C1=CCCN(C)C1. The van der Waals surface area contributed by atoms with Crippen molar-refractivity contribution in [3.63, 3.8) is 0 Å². The van der Waals surface area contributed by atoms with Crippen molar-refractivity contribution in [1.82, 2.24) is 4.90 Å². The Morgan fingerprint density at radius 2 is 2.06 bits per heavy atom. The summed E-state index contributed by atoms with van der Waals surface area (Å²) in [6.45, 7) is 5.47. The summed E-state index contributed by atoms with van der Waals surface area (Å²) in [6, 6.07) is 8.72. The van der Waals surface area contributed by atoms with Gasteiger partial charge in [0.25, 0.3) is 0 Å². The second kappa shape index (κ2) is 5.37. The Morgan fingerprint density at radius 1 is 1.29 bits per heavy atom. The highest BCUT2D eigenvalue weighted by Gasteiger charge is 2.14. The highest BCUT2D eigenvalue weighted by atomic mass is 15.1. The quantitative estimate of drug-likeness (QED) is 0.788. The maximum atomic E-state index is 2.39. The molecule has 1 aromatic carbocycles. The maximum Gasteiger partial charge on any atom is 0.0440 e. The minimum atomic E-state index is 1.04. The van der Waals surface area contributed by atoms with E-state index in [0.717, 1.165) is 19.5 Å². The molecule has 2 heteroatoms. The Kier molecular flexibility index (Phi) is 3.85. The normalized spacial score (nSPS) is 16.8. The lowest BCUT2D eigenvalue weighted by Crippen LogP contribution is -2.26. The average molecular weight is 230 g/mol. The van der Waals surface area contributed by atoms with Gasteiger partial charge in [-0.15, -0.1) is 0 Å². The minimum Gasteiger partial charge on any atom is -0.374 e. The molecule has 0 fully saturated rings. The summed E-state index contributed by atoms with van der Waals surface area (Å²) in [4.78, 5) is 4.70. The van der Waals surface area contributed by atoms with Crippen LogP contribution >= 0.6 is 0 Å². The summed E-state index contributed by atoms with van der Waals surface area (Å²) >= 11 is 0. The molecule has 92 valence electrons. The third kappa shape index (κ3) is 2.70.